The normalized spacial score (nSPS) is 15.0. The van der Waals surface area contributed by atoms with E-state index in [9.17, 15) is 12.8 Å². The number of nitrogens with one attached hydrogen (secondary N) is 1. The van der Waals surface area contributed by atoms with Crippen LogP contribution in [0.3, 0.4) is 0 Å². The summed E-state index contributed by atoms with van der Waals surface area (Å²) in [6.45, 7) is 4.78. The van der Waals surface area contributed by atoms with Crippen LogP contribution in [0.15, 0.2) is 53.4 Å². The number of hydrogen-bond donors (Lipinski definition) is 2. The topological polar surface area (TPSA) is 75.4 Å². The van der Waals surface area contributed by atoms with Gasteiger partial charge in [-0.3, -0.25) is 0 Å². The van der Waals surface area contributed by atoms with Gasteiger partial charge in [0, 0.05) is 11.6 Å². The Balaban J connectivity index is 2.11. The number of benzene rings is 2. The van der Waals surface area contributed by atoms with E-state index in [1.54, 1.807) is 24.3 Å². The molecule has 1 aliphatic rings. The first kappa shape index (κ1) is 17.4. The summed E-state index contributed by atoms with van der Waals surface area (Å²) in [5.41, 5.74) is 3.57. The summed E-state index contributed by atoms with van der Waals surface area (Å²) in [7, 11) is -3.73. The molecule has 3 rings (SSSR count). The van der Waals surface area contributed by atoms with Crippen molar-refractivity contribution in [3.63, 3.8) is 0 Å². The number of nitrogens with zero attached hydrogens (tertiary/aromatic N) is 1. The molecule has 0 aliphatic carbocycles. The fourth-order valence-electron chi connectivity index (χ4n) is 2.88. The van der Waals surface area contributed by atoms with Crippen molar-refractivity contribution in [3.05, 3.63) is 65.5 Å². The standard InChI is InChI=1S/C18H20FN3O2S/c1-12(2)22-11-21-17(13-3-7-15(19)8-4-13)18(22)14-5-9-16(10-6-14)25(20,23)24/h3-10,12,21H,11H2,1-2H3,(H2,20,23,24). The van der Waals surface area contributed by atoms with Gasteiger partial charge in [0.05, 0.1) is 23.0 Å². The van der Waals surface area contributed by atoms with Gasteiger partial charge in [0.15, 0.2) is 0 Å². The summed E-state index contributed by atoms with van der Waals surface area (Å²) < 4.78 is 36.2. The zero-order chi connectivity index (χ0) is 18.2. The first-order valence-corrected chi connectivity index (χ1v) is 9.46. The summed E-state index contributed by atoms with van der Waals surface area (Å²) in [5, 5.41) is 8.53. The molecule has 2 aromatic rings. The Morgan fingerprint density at radius 3 is 2.12 bits per heavy atom. The zero-order valence-corrected chi connectivity index (χ0v) is 14.8. The van der Waals surface area contributed by atoms with Crippen LogP contribution in [0, 0.1) is 5.82 Å². The Bertz CT molecular complexity index is 904. The Morgan fingerprint density at radius 2 is 1.60 bits per heavy atom. The SMILES string of the molecule is CC(C)N1CNC(c2ccc(F)cc2)=C1c1ccc(S(N)(=O)=O)cc1. The molecular weight excluding hydrogens is 341 g/mol. The van der Waals surface area contributed by atoms with Crippen molar-refractivity contribution < 1.29 is 12.8 Å². The third kappa shape index (κ3) is 3.52. The van der Waals surface area contributed by atoms with Gasteiger partial charge in [-0.25, -0.2) is 17.9 Å². The minimum atomic E-state index is -3.73. The smallest absolute Gasteiger partial charge is 0.238 e. The van der Waals surface area contributed by atoms with E-state index < -0.39 is 10.0 Å². The second-order valence-corrected chi connectivity index (χ2v) is 7.76. The van der Waals surface area contributed by atoms with Gasteiger partial charge in [-0.05, 0) is 55.8 Å². The maximum Gasteiger partial charge on any atom is 0.238 e. The molecule has 0 atom stereocenters. The number of halogens is 1. The Hall–Kier alpha value is -2.38. The van der Waals surface area contributed by atoms with Crippen LogP contribution in [0.2, 0.25) is 0 Å². The van der Waals surface area contributed by atoms with Gasteiger partial charge in [0.2, 0.25) is 10.0 Å². The fourth-order valence-corrected chi connectivity index (χ4v) is 3.39. The van der Waals surface area contributed by atoms with Crippen molar-refractivity contribution >= 4 is 21.4 Å². The molecule has 132 valence electrons. The molecule has 0 saturated carbocycles. The molecule has 0 bridgehead atoms. The molecule has 3 N–H and O–H groups in total. The van der Waals surface area contributed by atoms with E-state index in [2.05, 4.69) is 24.1 Å². The van der Waals surface area contributed by atoms with Crippen LogP contribution in [0.1, 0.15) is 25.0 Å². The molecular formula is C18H20FN3O2S. The van der Waals surface area contributed by atoms with Crippen LogP contribution in [0.25, 0.3) is 11.4 Å². The Morgan fingerprint density at radius 1 is 1.04 bits per heavy atom. The second-order valence-electron chi connectivity index (χ2n) is 6.20. The minimum absolute atomic E-state index is 0.0715. The lowest BCUT2D eigenvalue weighted by molar-refractivity contribution is 0.341. The van der Waals surface area contributed by atoms with Crippen molar-refractivity contribution in [1.82, 2.24) is 10.2 Å². The lowest BCUT2D eigenvalue weighted by Crippen LogP contribution is -2.30. The molecule has 0 spiro atoms. The molecule has 5 nitrogen and oxygen atoms in total. The maximum absolute atomic E-state index is 13.2. The van der Waals surface area contributed by atoms with Crippen LogP contribution in [-0.2, 0) is 10.0 Å². The van der Waals surface area contributed by atoms with Crippen molar-refractivity contribution in [1.29, 1.82) is 0 Å². The Kier molecular flexibility index (Phi) is 4.53. The van der Waals surface area contributed by atoms with E-state index in [0.29, 0.717) is 6.67 Å². The number of hydrogen-bond acceptors (Lipinski definition) is 4. The lowest BCUT2D eigenvalue weighted by atomic mass is 10.0. The first-order valence-electron chi connectivity index (χ1n) is 7.91. The van der Waals surface area contributed by atoms with Crippen molar-refractivity contribution in [3.8, 4) is 0 Å². The highest BCUT2D eigenvalue weighted by Gasteiger charge is 2.26. The Labute approximate surface area is 147 Å². The maximum atomic E-state index is 13.2. The molecule has 7 heteroatoms. The van der Waals surface area contributed by atoms with Gasteiger partial charge in [-0.2, -0.15) is 0 Å². The third-order valence-electron chi connectivity index (χ3n) is 4.16. The highest BCUT2D eigenvalue weighted by molar-refractivity contribution is 7.89. The predicted molar refractivity (Wildman–Crippen MR) is 96.0 cm³/mol. The highest BCUT2D eigenvalue weighted by atomic mass is 32.2. The lowest BCUT2D eigenvalue weighted by Gasteiger charge is -2.26. The molecule has 0 amide bonds. The predicted octanol–water partition coefficient (Wildman–Crippen LogP) is 2.57. The van der Waals surface area contributed by atoms with Crippen molar-refractivity contribution in [2.45, 2.75) is 24.8 Å². The average Bonchev–Trinajstić information content (AvgIpc) is 3.00. The van der Waals surface area contributed by atoms with Gasteiger partial charge >= 0.3 is 0 Å². The summed E-state index contributed by atoms with van der Waals surface area (Å²) in [6.07, 6.45) is 0. The molecule has 0 fully saturated rings. The van der Waals surface area contributed by atoms with Crippen LogP contribution in [0.5, 0.6) is 0 Å². The molecule has 0 radical (unpaired) electrons. The van der Waals surface area contributed by atoms with Gasteiger partial charge in [-0.1, -0.05) is 12.1 Å². The van der Waals surface area contributed by atoms with E-state index in [4.69, 9.17) is 5.14 Å². The summed E-state index contributed by atoms with van der Waals surface area (Å²) >= 11 is 0. The van der Waals surface area contributed by atoms with E-state index in [1.165, 1.54) is 24.3 Å². The van der Waals surface area contributed by atoms with E-state index in [1.807, 2.05) is 0 Å². The molecule has 1 aliphatic heterocycles. The molecule has 0 aromatic heterocycles. The fraction of sp³-hybridized carbons (Fsp3) is 0.222. The minimum Gasteiger partial charge on any atom is -0.366 e. The number of nitrogens with two attached hydrogens (primary N) is 1. The third-order valence-corrected chi connectivity index (χ3v) is 5.09. The van der Waals surface area contributed by atoms with E-state index in [0.717, 1.165) is 22.5 Å². The second kappa shape index (κ2) is 6.50. The van der Waals surface area contributed by atoms with Crippen LogP contribution in [-0.4, -0.2) is 26.0 Å². The van der Waals surface area contributed by atoms with Crippen LogP contribution >= 0.6 is 0 Å². The quantitative estimate of drug-likeness (QED) is 0.878. The summed E-state index contributed by atoms with van der Waals surface area (Å²) in [4.78, 5) is 2.24. The average molecular weight is 361 g/mol. The monoisotopic (exact) mass is 361 g/mol. The van der Waals surface area contributed by atoms with Gasteiger partial charge in [0.25, 0.3) is 0 Å². The summed E-state index contributed by atoms with van der Waals surface area (Å²) in [5.74, 6) is -0.290. The van der Waals surface area contributed by atoms with E-state index in [-0.39, 0.29) is 16.8 Å². The van der Waals surface area contributed by atoms with Crippen molar-refractivity contribution in [2.24, 2.45) is 5.14 Å². The highest BCUT2D eigenvalue weighted by Crippen LogP contribution is 2.33. The molecule has 1 heterocycles. The van der Waals surface area contributed by atoms with Gasteiger partial charge in [-0.15, -0.1) is 0 Å². The molecule has 0 saturated heterocycles. The molecule has 2 aromatic carbocycles. The summed E-state index contributed by atoms with van der Waals surface area (Å²) in [6, 6.07) is 13.0. The molecule has 0 unspecified atom stereocenters. The van der Waals surface area contributed by atoms with Crippen LogP contribution in [0.4, 0.5) is 4.39 Å². The number of sulfonamides is 1. The first-order chi connectivity index (χ1) is 11.8. The zero-order valence-electron chi connectivity index (χ0n) is 14.0. The molecule has 25 heavy (non-hydrogen) atoms. The number of primary sulfonamides is 1. The van der Waals surface area contributed by atoms with Crippen molar-refractivity contribution in [2.75, 3.05) is 6.67 Å². The largest absolute Gasteiger partial charge is 0.366 e. The van der Waals surface area contributed by atoms with Gasteiger partial charge in [0.1, 0.15) is 5.82 Å². The number of rotatable bonds is 4. The van der Waals surface area contributed by atoms with E-state index >= 15 is 0 Å². The van der Waals surface area contributed by atoms with Crippen LogP contribution < -0.4 is 10.5 Å². The van der Waals surface area contributed by atoms with Gasteiger partial charge < -0.3 is 10.2 Å².